The van der Waals surface area contributed by atoms with E-state index < -0.39 is 0 Å². The van der Waals surface area contributed by atoms with E-state index in [-0.39, 0.29) is 11.6 Å². The molecule has 0 atom stereocenters. The van der Waals surface area contributed by atoms with Crippen LogP contribution in [0.25, 0.3) is 0 Å². The molecule has 0 spiro atoms. The maximum atomic E-state index is 13.3. The monoisotopic (exact) mass is 223 g/mol. The Hall–Kier alpha value is -1.22. The summed E-state index contributed by atoms with van der Waals surface area (Å²) in [6.07, 6.45) is 1.24. The van der Waals surface area contributed by atoms with Gasteiger partial charge in [0.2, 0.25) is 0 Å². The van der Waals surface area contributed by atoms with Crippen LogP contribution in [-0.4, -0.2) is 30.8 Å². The first-order valence-corrected chi connectivity index (χ1v) is 5.51. The van der Waals surface area contributed by atoms with Crippen molar-refractivity contribution >= 4 is 5.78 Å². The predicted octanol–water partition coefficient (Wildman–Crippen LogP) is 2.28. The van der Waals surface area contributed by atoms with Gasteiger partial charge in [0.1, 0.15) is 11.6 Å². The molecular formula is C13H18FNO. The molecule has 2 nitrogen and oxygen atoms in total. The molecule has 0 aliphatic carbocycles. The molecule has 0 fully saturated rings. The van der Waals surface area contributed by atoms with Crippen molar-refractivity contribution in [2.24, 2.45) is 0 Å². The zero-order chi connectivity index (χ0) is 12.0. The van der Waals surface area contributed by atoms with E-state index in [1.54, 1.807) is 19.1 Å². The Morgan fingerprint density at radius 3 is 2.62 bits per heavy atom. The molecule has 0 N–H and O–H groups in total. The second-order valence-corrected chi connectivity index (χ2v) is 4.10. The zero-order valence-corrected chi connectivity index (χ0v) is 9.87. The fourth-order valence-corrected chi connectivity index (χ4v) is 1.47. The molecule has 0 saturated carbocycles. The molecule has 1 aromatic carbocycles. The highest BCUT2D eigenvalue weighted by molar-refractivity contribution is 5.75. The topological polar surface area (TPSA) is 20.3 Å². The summed E-state index contributed by atoms with van der Waals surface area (Å²) in [7, 11) is 1.95. The van der Waals surface area contributed by atoms with Crippen molar-refractivity contribution in [1.29, 1.82) is 0 Å². The summed E-state index contributed by atoms with van der Waals surface area (Å²) in [5, 5.41) is 0. The van der Waals surface area contributed by atoms with Gasteiger partial charge >= 0.3 is 0 Å². The van der Waals surface area contributed by atoms with Crippen molar-refractivity contribution < 1.29 is 9.18 Å². The first-order valence-electron chi connectivity index (χ1n) is 5.51. The van der Waals surface area contributed by atoms with E-state index in [0.29, 0.717) is 12.8 Å². The highest BCUT2D eigenvalue weighted by atomic mass is 19.1. The van der Waals surface area contributed by atoms with Crippen molar-refractivity contribution in [3.63, 3.8) is 0 Å². The third-order valence-corrected chi connectivity index (χ3v) is 2.57. The summed E-state index contributed by atoms with van der Waals surface area (Å²) in [5.41, 5.74) is 0.733. The maximum absolute atomic E-state index is 13.3. The van der Waals surface area contributed by atoms with Crippen LogP contribution >= 0.6 is 0 Å². The van der Waals surface area contributed by atoms with Crippen LogP contribution in [0.4, 0.5) is 4.39 Å². The average molecular weight is 223 g/mol. The van der Waals surface area contributed by atoms with Crippen molar-refractivity contribution in [2.45, 2.75) is 19.8 Å². The number of carbonyl (C=O) groups is 1. The quantitative estimate of drug-likeness (QED) is 0.737. The normalized spacial score (nSPS) is 10.8. The van der Waals surface area contributed by atoms with E-state index in [0.717, 1.165) is 18.7 Å². The van der Waals surface area contributed by atoms with E-state index in [1.807, 2.05) is 18.0 Å². The largest absolute Gasteiger partial charge is 0.306 e. The van der Waals surface area contributed by atoms with E-state index in [2.05, 4.69) is 0 Å². The Labute approximate surface area is 96.1 Å². The lowest BCUT2D eigenvalue weighted by atomic mass is 10.1. The minimum Gasteiger partial charge on any atom is -0.306 e. The number of Topliss-reactive ketones (excluding diaryl/α,β-unsaturated/α-hetero) is 1. The lowest BCUT2D eigenvalue weighted by molar-refractivity contribution is -0.117. The highest BCUT2D eigenvalue weighted by Crippen LogP contribution is 2.07. The van der Waals surface area contributed by atoms with Gasteiger partial charge in [0.15, 0.2) is 0 Å². The van der Waals surface area contributed by atoms with Gasteiger partial charge in [0.25, 0.3) is 0 Å². The molecule has 0 radical (unpaired) electrons. The van der Waals surface area contributed by atoms with Crippen LogP contribution < -0.4 is 0 Å². The molecule has 3 heteroatoms. The number of benzene rings is 1. The molecule has 0 unspecified atom stereocenters. The molecule has 1 rings (SSSR count). The SMILES string of the molecule is CC(=O)CCN(C)CCc1ccccc1F. The molecule has 0 aromatic heterocycles. The van der Waals surface area contributed by atoms with Crippen molar-refractivity contribution in [1.82, 2.24) is 4.90 Å². The number of hydrogen-bond acceptors (Lipinski definition) is 2. The van der Waals surface area contributed by atoms with E-state index >= 15 is 0 Å². The van der Waals surface area contributed by atoms with Gasteiger partial charge in [-0.3, -0.25) is 4.79 Å². The average Bonchev–Trinajstić information content (AvgIpc) is 2.25. The van der Waals surface area contributed by atoms with E-state index in [4.69, 9.17) is 0 Å². The van der Waals surface area contributed by atoms with Crippen LogP contribution in [0, 0.1) is 5.82 Å². The predicted molar refractivity (Wildman–Crippen MR) is 62.9 cm³/mol. The number of likely N-dealkylation sites (N-methyl/N-ethyl adjacent to an activating group) is 1. The van der Waals surface area contributed by atoms with Gasteiger partial charge in [0, 0.05) is 19.5 Å². The minimum absolute atomic E-state index is 0.150. The van der Waals surface area contributed by atoms with Crippen LogP contribution in [0.5, 0.6) is 0 Å². The summed E-state index contributed by atoms with van der Waals surface area (Å²) in [5.74, 6) is 0.0419. The minimum atomic E-state index is -0.150. The van der Waals surface area contributed by atoms with Crippen LogP contribution in [0.3, 0.4) is 0 Å². The number of ketones is 1. The maximum Gasteiger partial charge on any atom is 0.131 e. The molecule has 0 aliphatic heterocycles. The fourth-order valence-electron chi connectivity index (χ4n) is 1.47. The first-order chi connectivity index (χ1) is 7.59. The Kier molecular flexibility index (Phi) is 5.12. The summed E-state index contributed by atoms with van der Waals surface area (Å²) in [6, 6.07) is 6.81. The first kappa shape index (κ1) is 12.8. The number of rotatable bonds is 6. The molecule has 0 aliphatic rings. The second kappa shape index (κ2) is 6.38. The summed E-state index contributed by atoms with van der Waals surface area (Å²) >= 11 is 0. The molecule has 16 heavy (non-hydrogen) atoms. The van der Waals surface area contributed by atoms with Crippen LogP contribution in [-0.2, 0) is 11.2 Å². The van der Waals surface area contributed by atoms with Gasteiger partial charge in [-0.15, -0.1) is 0 Å². The highest BCUT2D eigenvalue weighted by Gasteiger charge is 2.04. The van der Waals surface area contributed by atoms with Gasteiger partial charge < -0.3 is 4.90 Å². The van der Waals surface area contributed by atoms with Gasteiger partial charge in [-0.05, 0) is 32.0 Å². The standard InChI is InChI=1S/C13H18FNO/c1-11(16)7-9-15(2)10-8-12-5-3-4-6-13(12)14/h3-6H,7-10H2,1-2H3. The molecule has 0 heterocycles. The summed E-state index contributed by atoms with van der Waals surface area (Å²) < 4.78 is 13.3. The van der Waals surface area contributed by atoms with Gasteiger partial charge in [-0.2, -0.15) is 0 Å². The van der Waals surface area contributed by atoms with Crippen LogP contribution in [0.15, 0.2) is 24.3 Å². The van der Waals surface area contributed by atoms with Crippen LogP contribution in [0.1, 0.15) is 18.9 Å². The van der Waals surface area contributed by atoms with Gasteiger partial charge in [-0.25, -0.2) is 4.39 Å². The molecule has 1 aromatic rings. The third-order valence-electron chi connectivity index (χ3n) is 2.57. The lowest BCUT2D eigenvalue weighted by Gasteiger charge is -2.15. The van der Waals surface area contributed by atoms with Crippen molar-refractivity contribution in [3.05, 3.63) is 35.6 Å². The molecular weight excluding hydrogens is 205 g/mol. The number of carbonyl (C=O) groups excluding carboxylic acids is 1. The third kappa shape index (κ3) is 4.53. The summed E-state index contributed by atoms with van der Waals surface area (Å²) in [4.78, 5) is 12.8. The van der Waals surface area contributed by atoms with Crippen molar-refractivity contribution in [3.8, 4) is 0 Å². The Morgan fingerprint density at radius 1 is 1.31 bits per heavy atom. The molecule has 0 amide bonds. The number of halogens is 1. The molecule has 0 saturated heterocycles. The Balaban J connectivity index is 2.34. The number of hydrogen-bond donors (Lipinski definition) is 0. The van der Waals surface area contributed by atoms with Gasteiger partial charge in [0.05, 0.1) is 0 Å². The second-order valence-electron chi connectivity index (χ2n) is 4.10. The Bertz CT molecular complexity index is 352. The molecule has 88 valence electrons. The zero-order valence-electron chi connectivity index (χ0n) is 9.87. The van der Waals surface area contributed by atoms with E-state index in [9.17, 15) is 9.18 Å². The van der Waals surface area contributed by atoms with E-state index in [1.165, 1.54) is 6.07 Å². The smallest absolute Gasteiger partial charge is 0.131 e. The molecule has 0 bridgehead atoms. The summed E-state index contributed by atoms with van der Waals surface area (Å²) in [6.45, 7) is 3.10. The van der Waals surface area contributed by atoms with Crippen molar-refractivity contribution in [2.75, 3.05) is 20.1 Å². The Morgan fingerprint density at radius 2 is 2.00 bits per heavy atom. The van der Waals surface area contributed by atoms with Gasteiger partial charge in [-0.1, -0.05) is 18.2 Å². The van der Waals surface area contributed by atoms with Crippen LogP contribution in [0.2, 0.25) is 0 Å². The lowest BCUT2D eigenvalue weighted by Crippen LogP contribution is -2.24. The fraction of sp³-hybridized carbons (Fsp3) is 0.462. The number of nitrogens with zero attached hydrogens (tertiary/aromatic N) is 1.